The zero-order valence-corrected chi connectivity index (χ0v) is 17.6. The van der Waals surface area contributed by atoms with E-state index in [4.69, 9.17) is 4.74 Å². The molecule has 1 saturated heterocycles. The molecule has 1 aliphatic heterocycles. The van der Waals surface area contributed by atoms with E-state index in [1.807, 2.05) is 12.1 Å². The van der Waals surface area contributed by atoms with Gasteiger partial charge in [-0.1, -0.05) is 60.7 Å². The lowest BCUT2D eigenvalue weighted by Gasteiger charge is -2.34. The predicted molar refractivity (Wildman–Crippen MR) is 128 cm³/mol. The third-order valence-corrected chi connectivity index (χ3v) is 6.09. The molecule has 0 spiro atoms. The number of ether oxygens (including phenoxy) is 1. The van der Waals surface area contributed by atoms with Gasteiger partial charge in [0.1, 0.15) is 5.75 Å². The molecule has 1 fully saturated rings. The fourth-order valence-electron chi connectivity index (χ4n) is 4.39. The first-order valence-electron chi connectivity index (χ1n) is 11.0. The maximum Gasteiger partial charge on any atom is 0.115 e. The molecule has 4 aromatic rings. The summed E-state index contributed by atoms with van der Waals surface area (Å²) in [6.45, 7) is 2.61. The Hall–Kier alpha value is -3.30. The monoisotopic (exact) mass is 409 g/mol. The number of nitrogens with zero attached hydrogens (tertiary/aromatic N) is 1. The standard InChI is InChI=1S/C28H27NO2/c30-27-14-12-23(13-15-27)25-7-3-8-26(18-25)29-16-4-9-28(19-29)31-20-21-10-11-22-5-1-2-6-24(22)17-21/h1-3,5-8,10-15,17-18,28,30H,4,9,16,19-20H2/t28-/m1/s1. The van der Waals surface area contributed by atoms with E-state index >= 15 is 0 Å². The van der Waals surface area contributed by atoms with Crippen LogP contribution in [0.1, 0.15) is 18.4 Å². The van der Waals surface area contributed by atoms with Crippen LogP contribution in [0.5, 0.6) is 5.75 Å². The van der Waals surface area contributed by atoms with Gasteiger partial charge in [0.2, 0.25) is 0 Å². The molecule has 0 amide bonds. The highest BCUT2D eigenvalue weighted by atomic mass is 16.5. The summed E-state index contributed by atoms with van der Waals surface area (Å²) >= 11 is 0. The predicted octanol–water partition coefficient (Wildman–Crippen LogP) is 6.40. The summed E-state index contributed by atoms with van der Waals surface area (Å²) in [5, 5.41) is 12.1. The van der Waals surface area contributed by atoms with Gasteiger partial charge in [-0.15, -0.1) is 0 Å². The van der Waals surface area contributed by atoms with Crippen molar-refractivity contribution < 1.29 is 9.84 Å². The Balaban J connectivity index is 1.25. The topological polar surface area (TPSA) is 32.7 Å². The van der Waals surface area contributed by atoms with E-state index in [0.717, 1.165) is 37.1 Å². The van der Waals surface area contributed by atoms with Crippen molar-refractivity contribution in [3.63, 3.8) is 0 Å². The van der Waals surface area contributed by atoms with Crippen LogP contribution in [0.25, 0.3) is 21.9 Å². The number of benzene rings is 4. The third-order valence-electron chi connectivity index (χ3n) is 6.09. The molecule has 1 N–H and O–H groups in total. The molecule has 156 valence electrons. The summed E-state index contributed by atoms with van der Waals surface area (Å²) in [5.41, 5.74) is 4.73. The molecular weight excluding hydrogens is 382 g/mol. The summed E-state index contributed by atoms with van der Waals surface area (Å²) in [6, 6.07) is 31.1. The number of hydrogen-bond donors (Lipinski definition) is 1. The molecule has 3 heteroatoms. The Kier molecular flexibility index (Phi) is 5.59. The number of phenolic OH excluding ortho intramolecular Hbond substituents is 1. The molecule has 0 saturated carbocycles. The van der Waals surface area contributed by atoms with Gasteiger partial charge in [-0.2, -0.15) is 0 Å². The van der Waals surface area contributed by atoms with Crippen LogP contribution >= 0.6 is 0 Å². The van der Waals surface area contributed by atoms with Crippen LogP contribution in [-0.2, 0) is 11.3 Å². The van der Waals surface area contributed by atoms with E-state index in [0.29, 0.717) is 12.4 Å². The van der Waals surface area contributed by atoms with E-state index in [1.54, 1.807) is 12.1 Å². The van der Waals surface area contributed by atoms with Crippen molar-refractivity contribution in [3.05, 3.63) is 96.6 Å². The van der Waals surface area contributed by atoms with Gasteiger partial charge in [-0.05, 0) is 70.6 Å². The molecule has 3 nitrogen and oxygen atoms in total. The zero-order valence-electron chi connectivity index (χ0n) is 17.6. The number of fused-ring (bicyclic) bond motifs is 1. The Labute approximate surface area is 183 Å². The summed E-state index contributed by atoms with van der Waals surface area (Å²) in [4.78, 5) is 2.43. The Morgan fingerprint density at radius 2 is 1.65 bits per heavy atom. The van der Waals surface area contributed by atoms with E-state index < -0.39 is 0 Å². The first kappa shape index (κ1) is 19.7. The second-order valence-electron chi connectivity index (χ2n) is 8.30. The Morgan fingerprint density at radius 3 is 2.52 bits per heavy atom. The molecule has 4 aromatic carbocycles. The van der Waals surface area contributed by atoms with Crippen LogP contribution in [0.4, 0.5) is 5.69 Å². The summed E-state index contributed by atoms with van der Waals surface area (Å²) in [5.74, 6) is 0.294. The number of rotatable bonds is 5. The summed E-state index contributed by atoms with van der Waals surface area (Å²) in [6.07, 6.45) is 2.46. The second-order valence-corrected chi connectivity index (χ2v) is 8.30. The van der Waals surface area contributed by atoms with Crippen LogP contribution in [0.3, 0.4) is 0 Å². The fraction of sp³-hybridized carbons (Fsp3) is 0.214. The fourth-order valence-corrected chi connectivity index (χ4v) is 4.39. The average molecular weight is 410 g/mol. The highest BCUT2D eigenvalue weighted by Gasteiger charge is 2.21. The molecule has 0 aliphatic carbocycles. The smallest absolute Gasteiger partial charge is 0.115 e. The molecule has 0 bridgehead atoms. The van der Waals surface area contributed by atoms with E-state index in [9.17, 15) is 5.11 Å². The molecule has 5 rings (SSSR count). The van der Waals surface area contributed by atoms with Crippen molar-refractivity contribution >= 4 is 16.5 Å². The average Bonchev–Trinajstić information content (AvgIpc) is 2.83. The van der Waals surface area contributed by atoms with Gasteiger partial charge < -0.3 is 14.7 Å². The number of phenols is 1. The van der Waals surface area contributed by atoms with Gasteiger partial charge in [0.25, 0.3) is 0 Å². The van der Waals surface area contributed by atoms with E-state index in [-0.39, 0.29) is 6.10 Å². The molecule has 0 aromatic heterocycles. The summed E-state index contributed by atoms with van der Waals surface area (Å²) in [7, 11) is 0. The highest BCUT2D eigenvalue weighted by molar-refractivity contribution is 5.82. The largest absolute Gasteiger partial charge is 0.508 e. The maximum atomic E-state index is 9.55. The molecule has 1 atom stereocenters. The van der Waals surface area contributed by atoms with Crippen LogP contribution in [-0.4, -0.2) is 24.3 Å². The molecule has 0 radical (unpaired) electrons. The SMILES string of the molecule is Oc1ccc(-c2cccc(N3CCC[C@@H](OCc4ccc5ccccc5c4)C3)c2)cc1. The number of anilines is 1. The lowest BCUT2D eigenvalue weighted by atomic mass is 10.0. The molecular formula is C28H27NO2. The van der Waals surface area contributed by atoms with Gasteiger partial charge in [0, 0.05) is 18.8 Å². The second kappa shape index (κ2) is 8.83. The number of aromatic hydroxyl groups is 1. The normalized spacial score (nSPS) is 16.5. The lowest BCUT2D eigenvalue weighted by Crippen LogP contribution is -2.39. The maximum absolute atomic E-state index is 9.55. The van der Waals surface area contributed by atoms with Crippen LogP contribution in [0, 0.1) is 0 Å². The van der Waals surface area contributed by atoms with Gasteiger partial charge in [-0.3, -0.25) is 0 Å². The van der Waals surface area contributed by atoms with Gasteiger partial charge in [0.15, 0.2) is 0 Å². The minimum absolute atomic E-state index is 0.234. The van der Waals surface area contributed by atoms with Gasteiger partial charge in [0.05, 0.1) is 12.7 Å². The molecule has 31 heavy (non-hydrogen) atoms. The first-order valence-corrected chi connectivity index (χ1v) is 11.0. The zero-order chi connectivity index (χ0) is 21.0. The minimum atomic E-state index is 0.234. The van der Waals surface area contributed by atoms with Crippen LogP contribution in [0.2, 0.25) is 0 Å². The van der Waals surface area contributed by atoms with Crippen molar-refractivity contribution in [2.75, 3.05) is 18.0 Å². The Bertz CT molecular complexity index is 1170. The quantitative estimate of drug-likeness (QED) is 0.414. The number of piperidine rings is 1. The molecule has 1 aliphatic rings. The first-order chi connectivity index (χ1) is 15.2. The minimum Gasteiger partial charge on any atom is -0.508 e. The van der Waals surface area contributed by atoms with Crippen molar-refractivity contribution in [2.45, 2.75) is 25.6 Å². The molecule has 1 heterocycles. The van der Waals surface area contributed by atoms with Crippen LogP contribution < -0.4 is 4.90 Å². The lowest BCUT2D eigenvalue weighted by molar-refractivity contribution is 0.0316. The third kappa shape index (κ3) is 4.57. The van der Waals surface area contributed by atoms with E-state index in [1.165, 1.54) is 22.0 Å². The van der Waals surface area contributed by atoms with Gasteiger partial charge in [-0.25, -0.2) is 0 Å². The van der Waals surface area contributed by atoms with Crippen molar-refractivity contribution in [3.8, 4) is 16.9 Å². The molecule has 0 unspecified atom stereocenters. The van der Waals surface area contributed by atoms with Crippen molar-refractivity contribution in [2.24, 2.45) is 0 Å². The van der Waals surface area contributed by atoms with E-state index in [2.05, 4.69) is 71.6 Å². The summed E-state index contributed by atoms with van der Waals surface area (Å²) < 4.78 is 6.33. The van der Waals surface area contributed by atoms with Crippen molar-refractivity contribution in [1.82, 2.24) is 0 Å². The van der Waals surface area contributed by atoms with Crippen LogP contribution in [0.15, 0.2) is 91.0 Å². The van der Waals surface area contributed by atoms with Gasteiger partial charge >= 0.3 is 0 Å². The highest BCUT2D eigenvalue weighted by Crippen LogP contribution is 2.28. The number of hydrogen-bond acceptors (Lipinski definition) is 3. The Morgan fingerprint density at radius 1 is 0.806 bits per heavy atom. The van der Waals surface area contributed by atoms with Crippen molar-refractivity contribution in [1.29, 1.82) is 0 Å².